The Hall–Kier alpha value is -5.17. The van der Waals surface area contributed by atoms with Gasteiger partial charge in [0.15, 0.2) is 40.6 Å². The van der Waals surface area contributed by atoms with Crippen molar-refractivity contribution in [1.82, 2.24) is 10.2 Å². The molecule has 2 unspecified atom stereocenters. The molecule has 3 aromatic rings. The third-order valence-electron chi connectivity index (χ3n) is 8.34. The number of carbonyl (C=O) groups is 1. The molecule has 0 radical (unpaired) electrons. The van der Waals surface area contributed by atoms with Crippen molar-refractivity contribution in [3.8, 4) is 40.2 Å². The number of ether oxygens (including phenoxy) is 7. The number of amides is 1. The first kappa shape index (κ1) is 31.8. The number of fused-ring (bicyclic) bond motifs is 2. The van der Waals surface area contributed by atoms with E-state index in [2.05, 4.69) is 15.5 Å². The minimum Gasteiger partial charge on any atom is -0.493 e. The molecule has 0 aromatic heterocycles. The maximum Gasteiger partial charge on any atom is 0.256 e. The highest BCUT2D eigenvalue weighted by Crippen LogP contribution is 2.43. The topological polar surface area (TPSA) is 131 Å². The minimum absolute atomic E-state index is 0.0279. The fourth-order valence-electron chi connectivity index (χ4n) is 5.90. The molecule has 2 atom stereocenters. The lowest BCUT2D eigenvalue weighted by molar-refractivity contribution is 0.0774. The molecule has 3 aliphatic rings. The molecule has 3 aliphatic heterocycles. The third-order valence-corrected chi connectivity index (χ3v) is 8.34. The van der Waals surface area contributed by atoms with Gasteiger partial charge in [-0.3, -0.25) is 15.1 Å². The molecule has 0 spiro atoms. The van der Waals surface area contributed by atoms with Crippen LogP contribution >= 0.6 is 0 Å². The Morgan fingerprint density at radius 2 is 1.53 bits per heavy atom. The number of carbonyl (C=O) groups excluding carboxylic acids is 1. The van der Waals surface area contributed by atoms with Gasteiger partial charge < -0.3 is 42.9 Å². The SMILES string of the molecule is COc1cc(C2=NOC(c3cc(OC)c(OC)c(OC)c3)C2)ccc1OCNCOc1cc2c(cc1OC)C(=O)N1CCCC1C=N2. The fraction of sp³-hybridized carbons (Fsp3) is 0.382. The standard InChI is InChI=1S/C34H38N4O9/c1-40-28-11-20(24-15-27(47-37-24)21-12-31(42-3)33(44-5)32(13-21)43-4)8-9-26(28)45-18-35-19-46-30-16-25-23(14-29(30)41-2)34(39)38-10-6-7-22(38)17-36-25/h8-9,11-14,16-17,22,27,35H,6-7,10,15,18-19H2,1-5H3. The number of nitrogens with zero attached hydrogens (tertiary/aromatic N) is 3. The van der Waals surface area contributed by atoms with Crippen LogP contribution in [0.4, 0.5) is 5.69 Å². The van der Waals surface area contributed by atoms with Crippen molar-refractivity contribution in [2.24, 2.45) is 10.1 Å². The van der Waals surface area contributed by atoms with Gasteiger partial charge in [0, 0.05) is 36.4 Å². The summed E-state index contributed by atoms with van der Waals surface area (Å²) in [7, 11) is 7.84. The second-order valence-electron chi connectivity index (χ2n) is 11.0. The van der Waals surface area contributed by atoms with E-state index in [1.807, 2.05) is 41.4 Å². The lowest BCUT2D eigenvalue weighted by Gasteiger charge is -2.20. The van der Waals surface area contributed by atoms with Crippen molar-refractivity contribution in [3.05, 3.63) is 59.2 Å². The number of rotatable bonds is 13. The highest BCUT2D eigenvalue weighted by Gasteiger charge is 2.33. The Balaban J connectivity index is 1.05. The van der Waals surface area contributed by atoms with E-state index in [1.165, 1.54) is 0 Å². The number of nitrogens with one attached hydrogen (secondary N) is 1. The quantitative estimate of drug-likeness (QED) is 0.203. The summed E-state index contributed by atoms with van der Waals surface area (Å²) in [6.07, 6.45) is 3.95. The van der Waals surface area contributed by atoms with Gasteiger partial charge in [0.2, 0.25) is 5.75 Å². The summed E-state index contributed by atoms with van der Waals surface area (Å²) in [6.45, 7) is 0.995. The molecule has 1 fully saturated rings. The highest BCUT2D eigenvalue weighted by atomic mass is 16.6. The van der Waals surface area contributed by atoms with Crippen LogP contribution in [0.25, 0.3) is 0 Å². The average Bonchev–Trinajstić information content (AvgIpc) is 3.78. The van der Waals surface area contributed by atoms with Crippen LogP contribution in [-0.2, 0) is 4.84 Å². The predicted molar refractivity (Wildman–Crippen MR) is 173 cm³/mol. The summed E-state index contributed by atoms with van der Waals surface area (Å²) in [5.41, 5.74) is 3.53. The molecule has 1 amide bonds. The van der Waals surface area contributed by atoms with Gasteiger partial charge in [-0.25, -0.2) is 0 Å². The van der Waals surface area contributed by atoms with E-state index in [1.54, 1.807) is 47.7 Å². The molecule has 0 saturated carbocycles. The average molecular weight is 647 g/mol. The molecule has 47 heavy (non-hydrogen) atoms. The largest absolute Gasteiger partial charge is 0.493 e. The molecule has 1 N–H and O–H groups in total. The summed E-state index contributed by atoms with van der Waals surface area (Å²) in [4.78, 5) is 25.3. The van der Waals surface area contributed by atoms with Gasteiger partial charge in [-0.15, -0.1) is 0 Å². The first-order valence-electron chi connectivity index (χ1n) is 15.2. The number of hydrogen-bond acceptors (Lipinski definition) is 12. The Kier molecular flexibility index (Phi) is 9.52. The molecule has 0 aliphatic carbocycles. The zero-order chi connectivity index (χ0) is 32.9. The number of hydrogen-bond donors (Lipinski definition) is 1. The minimum atomic E-state index is -0.326. The first-order chi connectivity index (χ1) is 23.0. The molecule has 13 nitrogen and oxygen atoms in total. The van der Waals surface area contributed by atoms with Gasteiger partial charge in [-0.2, -0.15) is 0 Å². The van der Waals surface area contributed by atoms with Crippen LogP contribution in [0, 0.1) is 0 Å². The summed E-state index contributed by atoms with van der Waals surface area (Å²) in [6, 6.07) is 12.8. The molecule has 3 aromatic carbocycles. The fourth-order valence-corrected chi connectivity index (χ4v) is 5.90. The Bertz CT molecular complexity index is 1670. The van der Waals surface area contributed by atoms with Gasteiger partial charge in [-0.1, -0.05) is 5.16 Å². The third kappa shape index (κ3) is 6.43. The van der Waals surface area contributed by atoms with Crippen molar-refractivity contribution in [3.63, 3.8) is 0 Å². The predicted octanol–water partition coefficient (Wildman–Crippen LogP) is 4.88. The lowest BCUT2D eigenvalue weighted by atomic mass is 9.99. The van der Waals surface area contributed by atoms with Gasteiger partial charge in [0.05, 0.1) is 58.6 Å². The second-order valence-corrected chi connectivity index (χ2v) is 11.0. The van der Waals surface area contributed by atoms with Crippen LogP contribution in [0.15, 0.2) is 52.6 Å². The zero-order valence-corrected chi connectivity index (χ0v) is 27.0. The molecule has 6 rings (SSSR count). The van der Waals surface area contributed by atoms with Crippen molar-refractivity contribution in [2.75, 3.05) is 55.6 Å². The van der Waals surface area contributed by atoms with E-state index < -0.39 is 0 Å². The number of methoxy groups -OCH3 is 5. The van der Waals surface area contributed by atoms with E-state index in [4.69, 9.17) is 38.0 Å². The van der Waals surface area contributed by atoms with E-state index in [0.717, 1.165) is 36.2 Å². The highest BCUT2D eigenvalue weighted by molar-refractivity contribution is 6.03. The molecule has 1 saturated heterocycles. The van der Waals surface area contributed by atoms with Gasteiger partial charge in [0.25, 0.3) is 5.91 Å². The summed E-state index contributed by atoms with van der Waals surface area (Å²) < 4.78 is 39.4. The van der Waals surface area contributed by atoms with Gasteiger partial charge in [-0.05, 0) is 49.2 Å². The zero-order valence-electron chi connectivity index (χ0n) is 27.0. The lowest BCUT2D eigenvalue weighted by Crippen LogP contribution is -2.35. The molecule has 248 valence electrons. The van der Waals surface area contributed by atoms with Gasteiger partial charge >= 0.3 is 0 Å². The van der Waals surface area contributed by atoms with Crippen molar-refractivity contribution in [1.29, 1.82) is 0 Å². The van der Waals surface area contributed by atoms with Crippen LogP contribution in [-0.4, -0.2) is 84.3 Å². The number of aliphatic imine (C=N–C) groups is 1. The van der Waals surface area contributed by atoms with E-state index in [9.17, 15) is 4.79 Å². The first-order valence-corrected chi connectivity index (χ1v) is 15.2. The van der Waals surface area contributed by atoms with E-state index in [0.29, 0.717) is 57.9 Å². The van der Waals surface area contributed by atoms with Crippen LogP contribution in [0.2, 0.25) is 0 Å². The Labute approximate surface area is 272 Å². The monoisotopic (exact) mass is 646 g/mol. The maximum atomic E-state index is 13.1. The summed E-state index contributed by atoms with van der Waals surface area (Å²) in [5.74, 6) is 3.57. The van der Waals surface area contributed by atoms with Crippen molar-refractivity contribution >= 4 is 23.5 Å². The Morgan fingerprint density at radius 3 is 2.23 bits per heavy atom. The van der Waals surface area contributed by atoms with Crippen LogP contribution in [0.3, 0.4) is 0 Å². The molecular weight excluding hydrogens is 608 g/mol. The Morgan fingerprint density at radius 1 is 0.830 bits per heavy atom. The summed E-state index contributed by atoms with van der Waals surface area (Å²) >= 11 is 0. The van der Waals surface area contributed by atoms with Crippen LogP contribution < -0.4 is 38.5 Å². The number of benzene rings is 3. The van der Waals surface area contributed by atoms with E-state index >= 15 is 0 Å². The van der Waals surface area contributed by atoms with E-state index in [-0.39, 0.29) is 31.5 Å². The second kappa shape index (κ2) is 14.1. The number of oxime groups is 1. The van der Waals surface area contributed by atoms with Crippen LogP contribution in [0.1, 0.15) is 46.9 Å². The van der Waals surface area contributed by atoms with Crippen molar-refractivity contribution in [2.45, 2.75) is 31.4 Å². The molecule has 0 bridgehead atoms. The smallest absolute Gasteiger partial charge is 0.256 e. The van der Waals surface area contributed by atoms with Gasteiger partial charge in [0.1, 0.15) is 13.5 Å². The van der Waals surface area contributed by atoms with Crippen LogP contribution in [0.5, 0.6) is 40.2 Å². The molecule has 13 heteroatoms. The maximum absolute atomic E-state index is 13.1. The molecule has 3 heterocycles. The normalized spacial score (nSPS) is 18.0. The van der Waals surface area contributed by atoms with Crippen molar-refractivity contribution < 1.29 is 42.8 Å². The summed E-state index contributed by atoms with van der Waals surface area (Å²) in [5, 5.41) is 7.44. The molecular formula is C34H38N4O9.